The summed E-state index contributed by atoms with van der Waals surface area (Å²) in [5, 5.41) is 6.91. The van der Waals surface area contributed by atoms with Gasteiger partial charge in [-0.2, -0.15) is 0 Å². The van der Waals surface area contributed by atoms with Crippen molar-refractivity contribution in [3.05, 3.63) is 36.9 Å². The van der Waals surface area contributed by atoms with Crippen LogP contribution in [0.25, 0.3) is 16.9 Å². The maximum Gasteiger partial charge on any atom is 0.159 e. The first-order chi connectivity index (χ1) is 13.3. The summed E-state index contributed by atoms with van der Waals surface area (Å²) >= 11 is 0. The molecule has 4 rings (SSSR count). The second-order valence-corrected chi connectivity index (χ2v) is 6.60. The van der Waals surface area contributed by atoms with Gasteiger partial charge in [0.15, 0.2) is 5.82 Å². The van der Waals surface area contributed by atoms with E-state index in [1.165, 1.54) is 0 Å². The molecule has 0 unspecified atom stereocenters. The number of hydrogen-bond acceptors (Lipinski definition) is 7. The van der Waals surface area contributed by atoms with Gasteiger partial charge in [-0.25, -0.2) is 9.97 Å². The zero-order chi connectivity index (χ0) is 18.6. The molecule has 1 aromatic carbocycles. The number of fused-ring (bicyclic) bond motifs is 1. The van der Waals surface area contributed by atoms with E-state index in [1.54, 1.807) is 25.8 Å². The quantitative estimate of drug-likeness (QED) is 0.660. The number of aromatic nitrogens is 4. The van der Waals surface area contributed by atoms with Gasteiger partial charge in [0.25, 0.3) is 0 Å². The third-order valence-electron chi connectivity index (χ3n) is 4.64. The fourth-order valence-electron chi connectivity index (χ4n) is 3.44. The summed E-state index contributed by atoms with van der Waals surface area (Å²) in [6, 6.07) is 6.56. The van der Waals surface area contributed by atoms with E-state index in [0.717, 1.165) is 41.4 Å². The van der Waals surface area contributed by atoms with Crippen LogP contribution in [0, 0.1) is 0 Å². The number of nitrogens with zero attached hydrogens (tertiary/aromatic N) is 4. The Bertz CT molecular complexity index is 912. The lowest BCUT2D eigenvalue weighted by atomic mass is 10.2. The van der Waals surface area contributed by atoms with Crippen LogP contribution < -0.4 is 15.4 Å². The molecule has 2 atom stereocenters. The number of benzene rings is 1. The van der Waals surface area contributed by atoms with E-state index in [1.807, 2.05) is 29.7 Å². The summed E-state index contributed by atoms with van der Waals surface area (Å²) in [6.45, 7) is 4.20. The molecule has 0 bridgehead atoms. The number of imidazole rings is 1. The first-order valence-electron chi connectivity index (χ1n) is 9.18. The molecule has 1 saturated heterocycles. The standard InChI is InChI=1S/C19H24N6O2/c1-3-27-15-4-5-17-16(7-15)22-12-25(17)19-10-20-9-18(24-19)23-13-6-14(11-26-2)21-8-13/h4-5,7,9-10,12-14,21H,3,6,8,11H2,1-2H3,(H,23,24)/t13-,14+/m1/s1. The van der Waals surface area contributed by atoms with Gasteiger partial charge >= 0.3 is 0 Å². The summed E-state index contributed by atoms with van der Waals surface area (Å²) < 4.78 is 12.7. The Morgan fingerprint density at radius 3 is 3.11 bits per heavy atom. The Kier molecular flexibility index (Phi) is 5.17. The van der Waals surface area contributed by atoms with E-state index in [2.05, 4.69) is 20.6 Å². The van der Waals surface area contributed by atoms with Crippen molar-refractivity contribution in [1.29, 1.82) is 0 Å². The molecule has 27 heavy (non-hydrogen) atoms. The molecule has 2 aromatic heterocycles. The Balaban J connectivity index is 1.53. The maximum absolute atomic E-state index is 5.55. The van der Waals surface area contributed by atoms with Gasteiger partial charge in [0.1, 0.15) is 17.9 Å². The minimum Gasteiger partial charge on any atom is -0.494 e. The third-order valence-corrected chi connectivity index (χ3v) is 4.64. The number of hydrogen-bond donors (Lipinski definition) is 2. The van der Waals surface area contributed by atoms with Crippen molar-refractivity contribution in [2.45, 2.75) is 25.4 Å². The van der Waals surface area contributed by atoms with Crippen molar-refractivity contribution in [2.24, 2.45) is 0 Å². The van der Waals surface area contributed by atoms with Gasteiger partial charge in [0, 0.05) is 31.8 Å². The summed E-state index contributed by atoms with van der Waals surface area (Å²) in [6.07, 6.45) is 6.25. The van der Waals surface area contributed by atoms with E-state index < -0.39 is 0 Å². The topological polar surface area (TPSA) is 86.1 Å². The number of nitrogens with one attached hydrogen (secondary N) is 2. The Hall–Kier alpha value is -2.71. The summed E-state index contributed by atoms with van der Waals surface area (Å²) in [4.78, 5) is 13.5. The summed E-state index contributed by atoms with van der Waals surface area (Å²) in [7, 11) is 1.73. The van der Waals surface area contributed by atoms with Crippen LogP contribution in [0.1, 0.15) is 13.3 Å². The summed E-state index contributed by atoms with van der Waals surface area (Å²) in [5.74, 6) is 2.30. The fraction of sp³-hybridized carbons (Fsp3) is 0.421. The number of anilines is 1. The third kappa shape index (κ3) is 3.86. The normalized spacial score (nSPS) is 19.5. The van der Waals surface area contributed by atoms with Crippen LogP contribution in [0.2, 0.25) is 0 Å². The molecular formula is C19H24N6O2. The van der Waals surface area contributed by atoms with Crippen molar-refractivity contribution in [1.82, 2.24) is 24.8 Å². The number of methoxy groups -OCH3 is 1. The lowest BCUT2D eigenvalue weighted by Crippen LogP contribution is -2.26. The van der Waals surface area contributed by atoms with Crippen molar-refractivity contribution >= 4 is 16.9 Å². The number of ether oxygens (including phenoxy) is 2. The molecule has 1 aliphatic rings. The first kappa shape index (κ1) is 17.7. The molecule has 142 valence electrons. The van der Waals surface area contributed by atoms with Crippen molar-refractivity contribution in [2.75, 3.05) is 32.2 Å². The van der Waals surface area contributed by atoms with Crippen LogP contribution in [0.3, 0.4) is 0 Å². The van der Waals surface area contributed by atoms with Crippen LogP contribution in [-0.4, -0.2) is 58.5 Å². The highest BCUT2D eigenvalue weighted by molar-refractivity contribution is 5.78. The smallest absolute Gasteiger partial charge is 0.159 e. The molecule has 8 nitrogen and oxygen atoms in total. The van der Waals surface area contributed by atoms with Crippen LogP contribution >= 0.6 is 0 Å². The van der Waals surface area contributed by atoms with Gasteiger partial charge in [-0.15, -0.1) is 0 Å². The SMILES string of the molecule is CCOc1ccc2c(c1)ncn2-c1cncc(N[C@H]2CN[C@H](COC)C2)n1. The molecule has 3 aromatic rings. The Morgan fingerprint density at radius 2 is 2.26 bits per heavy atom. The highest BCUT2D eigenvalue weighted by atomic mass is 16.5. The molecule has 0 saturated carbocycles. The lowest BCUT2D eigenvalue weighted by molar-refractivity contribution is 0.173. The maximum atomic E-state index is 5.55. The van der Waals surface area contributed by atoms with Gasteiger partial charge in [0.2, 0.25) is 0 Å². The predicted octanol–water partition coefficient (Wildman–Crippen LogP) is 2.00. The fourth-order valence-corrected chi connectivity index (χ4v) is 3.44. The molecule has 1 fully saturated rings. The second-order valence-electron chi connectivity index (χ2n) is 6.60. The van der Waals surface area contributed by atoms with Crippen LogP contribution in [0.4, 0.5) is 5.82 Å². The van der Waals surface area contributed by atoms with Crippen molar-refractivity contribution in [3.8, 4) is 11.6 Å². The van der Waals surface area contributed by atoms with E-state index in [9.17, 15) is 0 Å². The minimum atomic E-state index is 0.308. The first-order valence-corrected chi connectivity index (χ1v) is 9.18. The highest BCUT2D eigenvalue weighted by Gasteiger charge is 2.24. The molecular weight excluding hydrogens is 344 g/mol. The Labute approximate surface area is 157 Å². The van der Waals surface area contributed by atoms with Crippen LogP contribution in [-0.2, 0) is 4.74 Å². The van der Waals surface area contributed by atoms with E-state index in [-0.39, 0.29) is 0 Å². The molecule has 8 heteroatoms. The average Bonchev–Trinajstić information content (AvgIpc) is 3.29. The van der Waals surface area contributed by atoms with E-state index >= 15 is 0 Å². The summed E-state index contributed by atoms with van der Waals surface area (Å²) in [5.41, 5.74) is 1.83. The zero-order valence-corrected chi connectivity index (χ0v) is 15.6. The molecule has 1 aliphatic heterocycles. The molecule has 0 aliphatic carbocycles. The van der Waals surface area contributed by atoms with Gasteiger partial charge in [0.05, 0.1) is 36.6 Å². The van der Waals surface area contributed by atoms with E-state index in [0.29, 0.717) is 25.3 Å². The monoisotopic (exact) mass is 368 g/mol. The molecule has 0 radical (unpaired) electrons. The highest BCUT2D eigenvalue weighted by Crippen LogP contribution is 2.22. The van der Waals surface area contributed by atoms with Crippen LogP contribution in [0.15, 0.2) is 36.9 Å². The lowest BCUT2D eigenvalue weighted by Gasteiger charge is -2.13. The largest absolute Gasteiger partial charge is 0.494 e. The Morgan fingerprint density at radius 1 is 1.33 bits per heavy atom. The van der Waals surface area contributed by atoms with Gasteiger partial charge < -0.3 is 20.1 Å². The average molecular weight is 368 g/mol. The van der Waals surface area contributed by atoms with Gasteiger partial charge in [-0.1, -0.05) is 0 Å². The molecule has 0 amide bonds. The number of rotatable bonds is 7. The predicted molar refractivity (Wildman–Crippen MR) is 104 cm³/mol. The molecule has 2 N–H and O–H groups in total. The second kappa shape index (κ2) is 7.89. The minimum absolute atomic E-state index is 0.308. The van der Waals surface area contributed by atoms with Crippen molar-refractivity contribution < 1.29 is 9.47 Å². The van der Waals surface area contributed by atoms with Gasteiger partial charge in [-0.05, 0) is 25.5 Å². The zero-order valence-electron chi connectivity index (χ0n) is 15.6. The molecule has 3 heterocycles. The van der Waals surface area contributed by atoms with Crippen LogP contribution in [0.5, 0.6) is 5.75 Å². The van der Waals surface area contributed by atoms with Gasteiger partial charge in [-0.3, -0.25) is 9.55 Å². The molecule has 0 spiro atoms. The van der Waals surface area contributed by atoms with E-state index in [4.69, 9.17) is 14.5 Å². The van der Waals surface area contributed by atoms with Crippen molar-refractivity contribution in [3.63, 3.8) is 0 Å².